The van der Waals surface area contributed by atoms with Crippen LogP contribution in [0.4, 0.5) is 5.82 Å². The van der Waals surface area contributed by atoms with E-state index in [1.54, 1.807) is 0 Å². The van der Waals surface area contributed by atoms with Gasteiger partial charge in [-0.1, -0.05) is 20.8 Å². The summed E-state index contributed by atoms with van der Waals surface area (Å²) in [7, 11) is -1.08. The molecule has 0 aliphatic rings. The van der Waals surface area contributed by atoms with Crippen LogP contribution in [0.1, 0.15) is 37.9 Å². The predicted molar refractivity (Wildman–Crippen MR) is 88.7 cm³/mol. The number of nitrogens with one attached hydrogen (secondary N) is 1. The monoisotopic (exact) mass is 313 g/mol. The van der Waals surface area contributed by atoms with Gasteiger partial charge in [-0.3, -0.25) is 0 Å². The van der Waals surface area contributed by atoms with Crippen LogP contribution in [-0.4, -0.2) is 45.5 Å². The molecule has 1 aromatic rings. The van der Waals surface area contributed by atoms with Gasteiger partial charge in [-0.2, -0.15) is 0 Å². The van der Waals surface area contributed by atoms with E-state index in [1.165, 1.54) is 11.8 Å². The number of rotatable bonds is 8. The first kappa shape index (κ1) is 17.9. The highest BCUT2D eigenvalue weighted by atomic mass is 32.2. The van der Waals surface area contributed by atoms with Crippen LogP contribution in [0.25, 0.3) is 0 Å². The van der Waals surface area contributed by atoms with Crippen molar-refractivity contribution in [2.45, 2.75) is 33.2 Å². The van der Waals surface area contributed by atoms with Crippen molar-refractivity contribution in [3.8, 4) is 0 Å². The van der Waals surface area contributed by atoms with E-state index in [9.17, 15) is 8.42 Å². The lowest BCUT2D eigenvalue weighted by Crippen LogP contribution is -2.26. The molecule has 1 rings (SSSR count). The molecule has 0 aromatic carbocycles. The molecule has 0 aliphatic heterocycles. The van der Waals surface area contributed by atoms with Crippen LogP contribution < -0.4 is 10.2 Å². The summed E-state index contributed by atoms with van der Waals surface area (Å²) in [5, 5.41) is 3.31. The third-order valence-corrected chi connectivity index (χ3v) is 4.17. The van der Waals surface area contributed by atoms with E-state index < -0.39 is 9.84 Å². The van der Waals surface area contributed by atoms with E-state index in [2.05, 4.69) is 37.1 Å². The first-order valence-electron chi connectivity index (χ1n) is 7.33. The molecule has 1 heterocycles. The van der Waals surface area contributed by atoms with Crippen molar-refractivity contribution in [2.75, 3.05) is 37.0 Å². The lowest BCUT2D eigenvalue weighted by molar-refractivity contribution is 0.601. The molecular formula is C15H27N3O2S. The van der Waals surface area contributed by atoms with Gasteiger partial charge in [0.25, 0.3) is 0 Å². The molecule has 21 heavy (non-hydrogen) atoms. The summed E-state index contributed by atoms with van der Waals surface area (Å²) in [6.45, 7) is 8.46. The van der Waals surface area contributed by atoms with Crippen LogP contribution in [0.2, 0.25) is 0 Å². The molecule has 6 heteroatoms. The van der Waals surface area contributed by atoms with Crippen LogP contribution in [-0.2, 0) is 16.4 Å². The molecule has 0 amide bonds. The predicted octanol–water partition coefficient (Wildman–Crippen LogP) is 1.80. The lowest BCUT2D eigenvalue weighted by atomic mass is 10.1. The minimum Gasteiger partial charge on any atom is -0.359 e. The highest BCUT2D eigenvalue weighted by Crippen LogP contribution is 2.19. The second kappa shape index (κ2) is 7.75. The average molecular weight is 313 g/mol. The number of hydrogen-bond donors (Lipinski definition) is 1. The fraction of sp³-hybridized carbons (Fsp3) is 0.667. The summed E-state index contributed by atoms with van der Waals surface area (Å²) in [6, 6.07) is 4.14. The Balaban J connectivity index is 2.95. The van der Waals surface area contributed by atoms with Crippen LogP contribution in [0.3, 0.4) is 0 Å². The summed E-state index contributed by atoms with van der Waals surface area (Å²) in [4.78, 5) is 6.55. The number of aromatic nitrogens is 1. The normalized spacial score (nSPS) is 11.9. The van der Waals surface area contributed by atoms with E-state index in [4.69, 9.17) is 0 Å². The molecule has 0 radical (unpaired) electrons. The zero-order chi connectivity index (χ0) is 16.0. The SMILES string of the molecule is CCNCc1cc(C(C)C)nc(N(C)CCS(C)(=O)=O)c1. The second-order valence-electron chi connectivity index (χ2n) is 5.74. The van der Waals surface area contributed by atoms with Crippen LogP contribution >= 0.6 is 0 Å². The standard InChI is InChI=1S/C15H27N3O2S/c1-6-16-11-13-9-14(12(2)3)17-15(10-13)18(4)7-8-21(5,19)20/h9-10,12,16H,6-8,11H2,1-5H3. The van der Waals surface area contributed by atoms with Gasteiger partial charge in [0.1, 0.15) is 15.7 Å². The largest absolute Gasteiger partial charge is 0.359 e. The maximum absolute atomic E-state index is 11.3. The van der Waals surface area contributed by atoms with Gasteiger partial charge in [0.15, 0.2) is 0 Å². The smallest absolute Gasteiger partial charge is 0.149 e. The molecule has 0 saturated carbocycles. The molecule has 0 atom stereocenters. The Morgan fingerprint density at radius 1 is 1.33 bits per heavy atom. The Hall–Kier alpha value is -1.14. The fourth-order valence-electron chi connectivity index (χ4n) is 1.87. The highest BCUT2D eigenvalue weighted by Gasteiger charge is 2.11. The summed E-state index contributed by atoms with van der Waals surface area (Å²) in [5.74, 6) is 1.31. The minimum absolute atomic E-state index is 0.139. The summed E-state index contributed by atoms with van der Waals surface area (Å²) >= 11 is 0. The zero-order valence-electron chi connectivity index (χ0n) is 13.7. The van der Waals surface area contributed by atoms with Gasteiger partial charge < -0.3 is 10.2 Å². The van der Waals surface area contributed by atoms with Gasteiger partial charge in [-0.25, -0.2) is 13.4 Å². The summed E-state index contributed by atoms with van der Waals surface area (Å²) < 4.78 is 22.6. The minimum atomic E-state index is -2.96. The summed E-state index contributed by atoms with van der Waals surface area (Å²) in [6.07, 6.45) is 1.26. The van der Waals surface area contributed by atoms with Gasteiger partial charge in [-0.05, 0) is 30.2 Å². The van der Waals surface area contributed by atoms with Crippen molar-refractivity contribution in [1.29, 1.82) is 0 Å². The number of nitrogens with zero attached hydrogens (tertiary/aromatic N) is 2. The second-order valence-corrected chi connectivity index (χ2v) is 8.00. The molecular weight excluding hydrogens is 286 g/mol. The average Bonchev–Trinajstić information content (AvgIpc) is 2.41. The fourth-order valence-corrected chi connectivity index (χ4v) is 2.48. The van der Waals surface area contributed by atoms with Crippen LogP contribution in [0.5, 0.6) is 0 Å². The van der Waals surface area contributed by atoms with Crippen LogP contribution in [0.15, 0.2) is 12.1 Å². The highest BCUT2D eigenvalue weighted by molar-refractivity contribution is 7.90. The van der Waals surface area contributed by atoms with Gasteiger partial charge in [0, 0.05) is 32.1 Å². The molecule has 120 valence electrons. The molecule has 1 aromatic heterocycles. The van der Waals surface area contributed by atoms with Gasteiger partial charge >= 0.3 is 0 Å². The van der Waals surface area contributed by atoms with Crippen molar-refractivity contribution < 1.29 is 8.42 Å². The Bertz CT molecular complexity index is 556. The molecule has 5 nitrogen and oxygen atoms in total. The molecule has 0 spiro atoms. The van der Waals surface area contributed by atoms with Crippen molar-refractivity contribution in [3.63, 3.8) is 0 Å². The first-order valence-corrected chi connectivity index (χ1v) is 9.39. The van der Waals surface area contributed by atoms with Crippen molar-refractivity contribution in [3.05, 3.63) is 23.4 Å². The lowest BCUT2D eigenvalue weighted by Gasteiger charge is -2.20. The van der Waals surface area contributed by atoms with E-state index in [0.29, 0.717) is 12.5 Å². The van der Waals surface area contributed by atoms with Gasteiger partial charge in [0.2, 0.25) is 0 Å². The number of anilines is 1. The zero-order valence-corrected chi connectivity index (χ0v) is 14.5. The Labute approximate surface area is 128 Å². The van der Waals surface area contributed by atoms with E-state index in [-0.39, 0.29) is 5.75 Å². The quantitative estimate of drug-likeness (QED) is 0.793. The third kappa shape index (κ3) is 6.44. The Morgan fingerprint density at radius 3 is 2.52 bits per heavy atom. The Kier molecular flexibility index (Phi) is 6.61. The molecule has 0 aliphatic carbocycles. The number of hydrogen-bond acceptors (Lipinski definition) is 5. The van der Waals surface area contributed by atoms with Crippen molar-refractivity contribution in [1.82, 2.24) is 10.3 Å². The van der Waals surface area contributed by atoms with Crippen LogP contribution in [0, 0.1) is 0 Å². The first-order chi connectivity index (χ1) is 9.73. The molecule has 0 bridgehead atoms. The van der Waals surface area contributed by atoms with Crippen molar-refractivity contribution in [2.24, 2.45) is 0 Å². The number of pyridine rings is 1. The van der Waals surface area contributed by atoms with E-state index in [0.717, 1.165) is 24.6 Å². The Morgan fingerprint density at radius 2 is 2.00 bits per heavy atom. The molecule has 0 saturated heterocycles. The maximum atomic E-state index is 11.3. The molecule has 1 N–H and O–H groups in total. The van der Waals surface area contributed by atoms with E-state index >= 15 is 0 Å². The van der Waals surface area contributed by atoms with Gasteiger partial charge in [0.05, 0.1) is 5.75 Å². The summed E-state index contributed by atoms with van der Waals surface area (Å²) in [5.41, 5.74) is 2.21. The van der Waals surface area contributed by atoms with Crippen molar-refractivity contribution >= 4 is 15.7 Å². The van der Waals surface area contributed by atoms with Gasteiger partial charge in [-0.15, -0.1) is 0 Å². The van der Waals surface area contributed by atoms with E-state index in [1.807, 2.05) is 18.0 Å². The topological polar surface area (TPSA) is 62.3 Å². The maximum Gasteiger partial charge on any atom is 0.149 e. The molecule has 0 fully saturated rings. The number of sulfone groups is 1. The molecule has 0 unspecified atom stereocenters. The third-order valence-electron chi connectivity index (χ3n) is 3.25.